The molecule has 1 heterocycles. The van der Waals surface area contributed by atoms with Gasteiger partial charge in [-0.05, 0) is 13.0 Å². The molecule has 0 saturated heterocycles. The van der Waals surface area contributed by atoms with E-state index in [0.717, 1.165) is 6.07 Å². The second-order valence-electron chi connectivity index (χ2n) is 3.37. The van der Waals surface area contributed by atoms with Crippen molar-refractivity contribution >= 4 is 29.2 Å². The van der Waals surface area contributed by atoms with Gasteiger partial charge in [0.05, 0.1) is 24.6 Å². The van der Waals surface area contributed by atoms with Crippen LogP contribution in [-0.4, -0.2) is 17.6 Å². The van der Waals surface area contributed by atoms with Crippen molar-refractivity contribution in [1.82, 2.24) is 4.98 Å². The number of hydrogen-bond acceptors (Lipinski definition) is 3. The second kappa shape index (κ2) is 6.85. The molecule has 0 aliphatic carbocycles. The molecule has 18 heavy (non-hydrogen) atoms. The summed E-state index contributed by atoms with van der Waals surface area (Å²) in [6.45, 7) is 1.85. The Hall–Kier alpha value is -0.940. The van der Waals surface area contributed by atoms with Crippen LogP contribution in [0.15, 0.2) is 6.07 Å². The van der Waals surface area contributed by atoms with E-state index in [0.29, 0.717) is 5.56 Å². The third-order valence-electron chi connectivity index (χ3n) is 2.15. The molecule has 0 unspecified atom stereocenters. The number of alkyl halides is 3. The lowest BCUT2D eigenvalue weighted by atomic mass is 10.1. The fraction of sp³-hybridized carbons (Fsp3) is 0.455. The summed E-state index contributed by atoms with van der Waals surface area (Å²) in [6, 6.07) is 1.05. The fourth-order valence-corrected chi connectivity index (χ4v) is 2.01. The van der Waals surface area contributed by atoms with Gasteiger partial charge in [0.2, 0.25) is 0 Å². The lowest BCUT2D eigenvalue weighted by Gasteiger charge is -2.10. The number of halogens is 4. The Kier molecular flexibility index (Phi) is 5.75. The number of pyridine rings is 1. The summed E-state index contributed by atoms with van der Waals surface area (Å²) in [5.74, 6) is -0.566. The molecule has 0 N–H and O–H groups in total. The third kappa shape index (κ3) is 3.78. The van der Waals surface area contributed by atoms with Crippen LogP contribution in [0.25, 0.3) is 0 Å². The van der Waals surface area contributed by atoms with Crippen LogP contribution in [0.3, 0.4) is 0 Å². The van der Waals surface area contributed by atoms with Crippen molar-refractivity contribution in [2.45, 2.75) is 25.7 Å². The number of aromatic nitrogens is 1. The highest BCUT2D eigenvalue weighted by Gasteiger charge is 2.18. The molecular formula is C11H11Cl2F2NO2. The van der Waals surface area contributed by atoms with Crippen LogP contribution in [-0.2, 0) is 21.8 Å². The molecule has 0 fully saturated rings. The molecule has 0 atom stereocenters. The van der Waals surface area contributed by atoms with Crippen LogP contribution in [0.5, 0.6) is 0 Å². The van der Waals surface area contributed by atoms with Gasteiger partial charge in [0.15, 0.2) is 0 Å². The average molecular weight is 298 g/mol. The first kappa shape index (κ1) is 15.1. The monoisotopic (exact) mass is 297 g/mol. The molecule has 0 amide bonds. The Morgan fingerprint density at radius 2 is 2.22 bits per heavy atom. The van der Waals surface area contributed by atoms with Crippen molar-refractivity contribution < 1.29 is 18.3 Å². The zero-order valence-electron chi connectivity index (χ0n) is 9.55. The van der Waals surface area contributed by atoms with Gasteiger partial charge in [-0.2, -0.15) is 0 Å². The summed E-state index contributed by atoms with van der Waals surface area (Å²) < 4.78 is 29.9. The minimum absolute atomic E-state index is 0.00983. The number of nitrogens with zero attached hydrogens (tertiary/aromatic N) is 1. The quantitative estimate of drug-likeness (QED) is 0.617. The number of hydrogen-bond donors (Lipinski definition) is 0. The smallest absolute Gasteiger partial charge is 0.311 e. The summed E-state index contributed by atoms with van der Waals surface area (Å²) in [5, 5.41) is 0.0783. The molecule has 0 spiro atoms. The van der Waals surface area contributed by atoms with E-state index in [4.69, 9.17) is 27.9 Å². The van der Waals surface area contributed by atoms with Gasteiger partial charge in [0, 0.05) is 10.6 Å². The lowest BCUT2D eigenvalue weighted by Crippen LogP contribution is -2.12. The highest BCUT2D eigenvalue weighted by Crippen LogP contribution is 2.27. The molecule has 0 aliphatic heterocycles. The first-order valence-corrected chi connectivity index (χ1v) is 6.08. The van der Waals surface area contributed by atoms with E-state index in [9.17, 15) is 13.6 Å². The van der Waals surface area contributed by atoms with E-state index in [2.05, 4.69) is 4.98 Å². The number of esters is 1. The summed E-state index contributed by atoms with van der Waals surface area (Å²) in [6.07, 6.45) is -2.98. The van der Waals surface area contributed by atoms with Crippen LogP contribution < -0.4 is 0 Å². The molecule has 0 radical (unpaired) electrons. The molecule has 0 saturated carbocycles. The molecule has 1 aromatic heterocycles. The van der Waals surface area contributed by atoms with Gasteiger partial charge in [-0.15, -0.1) is 11.6 Å². The predicted molar refractivity (Wildman–Crippen MR) is 64.1 cm³/mol. The van der Waals surface area contributed by atoms with E-state index >= 15 is 0 Å². The Bertz CT molecular complexity index is 441. The van der Waals surface area contributed by atoms with Crippen molar-refractivity contribution in [2.75, 3.05) is 6.61 Å². The second-order valence-corrected chi connectivity index (χ2v) is 4.04. The number of carbonyl (C=O) groups excluding carboxylic acids is 1. The maximum atomic E-state index is 12.6. The number of ether oxygens (including phenoxy) is 1. The van der Waals surface area contributed by atoms with Gasteiger partial charge in [-0.25, -0.2) is 8.78 Å². The van der Waals surface area contributed by atoms with Crippen molar-refractivity contribution in [2.24, 2.45) is 0 Å². The molecule has 100 valence electrons. The van der Waals surface area contributed by atoms with Crippen molar-refractivity contribution in [3.8, 4) is 0 Å². The fourth-order valence-electron chi connectivity index (χ4n) is 1.36. The van der Waals surface area contributed by atoms with Gasteiger partial charge in [-0.3, -0.25) is 9.78 Å². The minimum Gasteiger partial charge on any atom is -0.466 e. The summed E-state index contributed by atoms with van der Waals surface area (Å²) in [5.41, 5.74) is 0.0233. The van der Waals surface area contributed by atoms with Gasteiger partial charge < -0.3 is 4.74 Å². The van der Waals surface area contributed by atoms with E-state index in [1.807, 2.05) is 0 Å². The minimum atomic E-state index is -2.76. The Balaban J connectivity index is 3.10. The van der Waals surface area contributed by atoms with Gasteiger partial charge in [0.25, 0.3) is 6.43 Å². The zero-order chi connectivity index (χ0) is 13.7. The topological polar surface area (TPSA) is 39.2 Å². The van der Waals surface area contributed by atoms with Crippen LogP contribution in [0.1, 0.15) is 30.3 Å². The summed E-state index contributed by atoms with van der Waals surface area (Å²) >= 11 is 11.5. The molecule has 0 bridgehead atoms. The SMILES string of the molecule is CCOC(=O)Cc1nc(C(F)F)cc(Cl)c1CCl. The van der Waals surface area contributed by atoms with Gasteiger partial charge in [-0.1, -0.05) is 11.6 Å². The molecular weight excluding hydrogens is 287 g/mol. The first-order chi connectivity index (χ1) is 8.49. The molecule has 0 aliphatic rings. The van der Waals surface area contributed by atoms with Crippen molar-refractivity contribution in [3.63, 3.8) is 0 Å². The van der Waals surface area contributed by atoms with Crippen LogP contribution in [0.4, 0.5) is 8.78 Å². The highest BCUT2D eigenvalue weighted by molar-refractivity contribution is 6.32. The Morgan fingerprint density at radius 1 is 1.56 bits per heavy atom. The van der Waals surface area contributed by atoms with Crippen LogP contribution in [0, 0.1) is 0 Å². The van der Waals surface area contributed by atoms with E-state index in [-0.39, 0.29) is 29.6 Å². The lowest BCUT2D eigenvalue weighted by molar-refractivity contribution is -0.142. The summed E-state index contributed by atoms with van der Waals surface area (Å²) in [7, 11) is 0. The maximum Gasteiger partial charge on any atom is 0.311 e. The largest absolute Gasteiger partial charge is 0.466 e. The summed E-state index contributed by atoms with van der Waals surface area (Å²) in [4.78, 5) is 15.0. The van der Waals surface area contributed by atoms with Gasteiger partial charge >= 0.3 is 5.97 Å². The number of carbonyl (C=O) groups is 1. The third-order valence-corrected chi connectivity index (χ3v) is 2.75. The van der Waals surface area contributed by atoms with Gasteiger partial charge in [0.1, 0.15) is 5.69 Å². The number of rotatable bonds is 5. The zero-order valence-corrected chi connectivity index (χ0v) is 11.1. The van der Waals surface area contributed by atoms with Crippen molar-refractivity contribution in [3.05, 3.63) is 28.0 Å². The van der Waals surface area contributed by atoms with Crippen LogP contribution >= 0.6 is 23.2 Å². The molecule has 3 nitrogen and oxygen atoms in total. The maximum absolute atomic E-state index is 12.6. The van der Waals surface area contributed by atoms with E-state index < -0.39 is 18.1 Å². The Labute approximate surface area is 113 Å². The normalized spacial score (nSPS) is 10.8. The molecule has 1 rings (SSSR count). The molecule has 0 aromatic carbocycles. The highest BCUT2D eigenvalue weighted by atomic mass is 35.5. The van der Waals surface area contributed by atoms with Crippen LogP contribution in [0.2, 0.25) is 5.02 Å². The average Bonchev–Trinajstić information content (AvgIpc) is 2.28. The molecule has 7 heteroatoms. The van der Waals surface area contributed by atoms with E-state index in [1.165, 1.54) is 0 Å². The standard InChI is InChI=1S/C11H11Cl2F2NO2/c1-2-18-10(17)4-8-6(5-12)7(13)3-9(16-8)11(14)15/h3,11H,2,4-5H2,1H3. The molecule has 1 aromatic rings. The Morgan fingerprint density at radius 3 is 2.72 bits per heavy atom. The van der Waals surface area contributed by atoms with E-state index in [1.54, 1.807) is 6.92 Å². The first-order valence-electron chi connectivity index (χ1n) is 5.17. The predicted octanol–water partition coefficient (Wildman–Crippen LogP) is 3.52. The van der Waals surface area contributed by atoms with Crippen molar-refractivity contribution in [1.29, 1.82) is 0 Å².